The van der Waals surface area contributed by atoms with Gasteiger partial charge in [0.15, 0.2) is 5.78 Å². The van der Waals surface area contributed by atoms with Gasteiger partial charge in [0.1, 0.15) is 0 Å². The fourth-order valence-corrected chi connectivity index (χ4v) is 1.92. The summed E-state index contributed by atoms with van der Waals surface area (Å²) in [6, 6.07) is 17.3. The predicted octanol–water partition coefficient (Wildman–Crippen LogP) is 5.19. The summed E-state index contributed by atoms with van der Waals surface area (Å²) in [6.07, 6.45) is 10.3. The summed E-state index contributed by atoms with van der Waals surface area (Å²) in [5.41, 5.74) is 1.93. The SMILES string of the molecule is O=C(/C=C/C=C/c1ccccc1)/C=C/c1ccccc1Cl. The minimum atomic E-state index is -0.0763. The number of hydrogen-bond donors (Lipinski definition) is 0. The fraction of sp³-hybridized carbons (Fsp3) is 0. The Bertz CT molecular complexity index is 682. The Morgan fingerprint density at radius 1 is 0.810 bits per heavy atom. The first kappa shape index (κ1) is 15.0. The Hall–Kier alpha value is -2.38. The van der Waals surface area contributed by atoms with E-state index in [-0.39, 0.29) is 5.78 Å². The van der Waals surface area contributed by atoms with Crippen LogP contribution in [0.1, 0.15) is 11.1 Å². The van der Waals surface area contributed by atoms with Crippen molar-refractivity contribution < 1.29 is 4.79 Å². The maximum atomic E-state index is 11.7. The Morgan fingerprint density at radius 3 is 2.29 bits per heavy atom. The number of halogens is 1. The zero-order valence-electron chi connectivity index (χ0n) is 11.4. The van der Waals surface area contributed by atoms with Gasteiger partial charge in [0, 0.05) is 5.02 Å². The zero-order chi connectivity index (χ0) is 14.9. The highest BCUT2D eigenvalue weighted by Crippen LogP contribution is 2.16. The molecule has 2 rings (SSSR count). The Kier molecular flexibility index (Phi) is 5.74. The molecule has 0 aliphatic rings. The number of rotatable bonds is 5. The molecular weight excluding hydrogens is 280 g/mol. The van der Waals surface area contributed by atoms with Crippen LogP contribution in [0.5, 0.6) is 0 Å². The van der Waals surface area contributed by atoms with Crippen molar-refractivity contribution in [2.45, 2.75) is 0 Å². The molecule has 0 N–H and O–H groups in total. The van der Waals surface area contributed by atoms with Gasteiger partial charge in [-0.2, -0.15) is 0 Å². The highest BCUT2D eigenvalue weighted by Gasteiger charge is 1.94. The molecule has 21 heavy (non-hydrogen) atoms. The third-order valence-corrected chi connectivity index (χ3v) is 3.14. The highest BCUT2D eigenvalue weighted by molar-refractivity contribution is 6.32. The van der Waals surface area contributed by atoms with E-state index in [1.54, 1.807) is 18.2 Å². The van der Waals surface area contributed by atoms with Crippen LogP contribution in [0.2, 0.25) is 5.02 Å². The van der Waals surface area contributed by atoms with Crippen molar-refractivity contribution in [1.82, 2.24) is 0 Å². The van der Waals surface area contributed by atoms with Crippen LogP contribution in [0.4, 0.5) is 0 Å². The molecule has 0 radical (unpaired) electrons. The van der Waals surface area contributed by atoms with Gasteiger partial charge < -0.3 is 0 Å². The van der Waals surface area contributed by atoms with Crippen molar-refractivity contribution >= 4 is 29.5 Å². The molecule has 0 aliphatic heterocycles. The molecule has 0 bridgehead atoms. The van der Waals surface area contributed by atoms with Crippen LogP contribution in [-0.2, 0) is 4.79 Å². The molecule has 0 atom stereocenters. The van der Waals surface area contributed by atoms with Crippen LogP contribution in [0.15, 0.2) is 78.9 Å². The van der Waals surface area contributed by atoms with Gasteiger partial charge in [0.05, 0.1) is 0 Å². The van der Waals surface area contributed by atoms with E-state index in [2.05, 4.69) is 0 Å². The largest absolute Gasteiger partial charge is 0.290 e. The molecule has 1 nitrogen and oxygen atoms in total. The van der Waals surface area contributed by atoms with E-state index in [0.29, 0.717) is 5.02 Å². The summed E-state index contributed by atoms with van der Waals surface area (Å²) in [6.45, 7) is 0. The first-order valence-corrected chi connectivity index (χ1v) is 7.00. The first-order valence-electron chi connectivity index (χ1n) is 6.62. The lowest BCUT2D eigenvalue weighted by molar-refractivity contribution is -0.110. The second kappa shape index (κ2) is 8.03. The molecule has 0 amide bonds. The summed E-state index contributed by atoms with van der Waals surface area (Å²) in [4.78, 5) is 11.7. The summed E-state index contributed by atoms with van der Waals surface area (Å²) < 4.78 is 0. The average Bonchev–Trinajstić information content (AvgIpc) is 2.52. The van der Waals surface area contributed by atoms with Crippen molar-refractivity contribution in [2.24, 2.45) is 0 Å². The lowest BCUT2D eigenvalue weighted by atomic mass is 10.2. The smallest absolute Gasteiger partial charge is 0.178 e. The number of hydrogen-bond acceptors (Lipinski definition) is 1. The molecule has 2 aromatic rings. The van der Waals surface area contributed by atoms with Gasteiger partial charge in [0.2, 0.25) is 0 Å². The van der Waals surface area contributed by atoms with E-state index in [1.165, 1.54) is 12.2 Å². The summed E-state index contributed by atoms with van der Waals surface area (Å²) in [5.74, 6) is -0.0763. The highest BCUT2D eigenvalue weighted by atomic mass is 35.5. The summed E-state index contributed by atoms with van der Waals surface area (Å²) in [7, 11) is 0. The van der Waals surface area contributed by atoms with Crippen LogP contribution in [0.25, 0.3) is 12.2 Å². The second-order valence-corrected chi connectivity index (χ2v) is 4.79. The van der Waals surface area contributed by atoms with Crippen LogP contribution in [0, 0.1) is 0 Å². The molecule has 0 aromatic heterocycles. The third-order valence-electron chi connectivity index (χ3n) is 2.79. The normalized spacial score (nSPS) is 11.7. The van der Waals surface area contributed by atoms with Gasteiger partial charge in [0.25, 0.3) is 0 Å². The van der Waals surface area contributed by atoms with Crippen LogP contribution >= 0.6 is 11.6 Å². The molecule has 0 fully saturated rings. The van der Waals surface area contributed by atoms with Crippen molar-refractivity contribution in [3.05, 3.63) is 95.1 Å². The van der Waals surface area contributed by atoms with E-state index in [0.717, 1.165) is 11.1 Å². The number of carbonyl (C=O) groups excluding carboxylic acids is 1. The van der Waals surface area contributed by atoms with E-state index in [1.807, 2.05) is 60.7 Å². The van der Waals surface area contributed by atoms with Crippen LogP contribution in [-0.4, -0.2) is 5.78 Å². The Morgan fingerprint density at radius 2 is 1.52 bits per heavy atom. The maximum Gasteiger partial charge on any atom is 0.178 e. The zero-order valence-corrected chi connectivity index (χ0v) is 12.2. The Labute approximate surface area is 129 Å². The van der Waals surface area contributed by atoms with Gasteiger partial charge in [-0.05, 0) is 35.4 Å². The van der Waals surface area contributed by atoms with Crippen molar-refractivity contribution in [1.29, 1.82) is 0 Å². The lowest BCUT2D eigenvalue weighted by Crippen LogP contribution is -1.84. The van der Waals surface area contributed by atoms with E-state index >= 15 is 0 Å². The minimum absolute atomic E-state index is 0.0763. The van der Waals surface area contributed by atoms with E-state index in [9.17, 15) is 4.79 Å². The lowest BCUT2D eigenvalue weighted by Gasteiger charge is -1.94. The van der Waals surface area contributed by atoms with E-state index in [4.69, 9.17) is 11.6 Å². The quantitative estimate of drug-likeness (QED) is 0.548. The molecule has 0 heterocycles. The Balaban J connectivity index is 1.91. The molecule has 2 heteroatoms. The van der Waals surface area contributed by atoms with Crippen molar-refractivity contribution in [2.75, 3.05) is 0 Å². The average molecular weight is 295 g/mol. The monoisotopic (exact) mass is 294 g/mol. The molecule has 104 valence electrons. The van der Waals surface area contributed by atoms with E-state index < -0.39 is 0 Å². The first-order chi connectivity index (χ1) is 10.3. The third kappa shape index (κ3) is 5.25. The van der Waals surface area contributed by atoms with Gasteiger partial charge in [-0.3, -0.25) is 4.79 Å². The second-order valence-electron chi connectivity index (χ2n) is 4.39. The molecule has 0 spiro atoms. The number of benzene rings is 2. The van der Waals surface area contributed by atoms with Crippen molar-refractivity contribution in [3.63, 3.8) is 0 Å². The minimum Gasteiger partial charge on any atom is -0.290 e. The van der Waals surface area contributed by atoms with Crippen LogP contribution in [0.3, 0.4) is 0 Å². The van der Waals surface area contributed by atoms with Gasteiger partial charge in [-0.15, -0.1) is 0 Å². The van der Waals surface area contributed by atoms with Gasteiger partial charge >= 0.3 is 0 Å². The van der Waals surface area contributed by atoms with Gasteiger partial charge in [-0.1, -0.05) is 78.4 Å². The van der Waals surface area contributed by atoms with Crippen LogP contribution < -0.4 is 0 Å². The number of allylic oxidation sites excluding steroid dienone is 4. The standard InChI is InChI=1S/C19H15ClO/c20-19-13-7-5-11-17(19)14-15-18(21)12-6-4-10-16-8-2-1-3-9-16/h1-15H/b10-4+,12-6+,15-14+. The molecule has 2 aromatic carbocycles. The summed E-state index contributed by atoms with van der Waals surface area (Å²) >= 11 is 6.01. The molecular formula is C19H15ClO. The van der Waals surface area contributed by atoms with Gasteiger partial charge in [-0.25, -0.2) is 0 Å². The predicted molar refractivity (Wildman–Crippen MR) is 90.1 cm³/mol. The fourth-order valence-electron chi connectivity index (χ4n) is 1.72. The van der Waals surface area contributed by atoms with Crippen molar-refractivity contribution in [3.8, 4) is 0 Å². The molecule has 0 unspecified atom stereocenters. The number of ketones is 1. The molecule has 0 aliphatic carbocycles. The molecule has 0 saturated carbocycles. The molecule has 0 saturated heterocycles. The summed E-state index contributed by atoms with van der Waals surface area (Å²) in [5, 5.41) is 0.634. The number of carbonyl (C=O) groups is 1. The topological polar surface area (TPSA) is 17.1 Å². The maximum absolute atomic E-state index is 11.7.